The van der Waals surface area contributed by atoms with Gasteiger partial charge in [0.15, 0.2) is 5.11 Å². The van der Waals surface area contributed by atoms with Gasteiger partial charge in [-0.25, -0.2) is 0 Å². The van der Waals surface area contributed by atoms with Gasteiger partial charge in [0.05, 0.1) is 12.1 Å². The first-order valence-electron chi connectivity index (χ1n) is 7.41. The molecule has 0 saturated carbocycles. The van der Waals surface area contributed by atoms with Crippen LogP contribution in [0.3, 0.4) is 0 Å². The highest BCUT2D eigenvalue weighted by molar-refractivity contribution is 7.80. The van der Waals surface area contributed by atoms with Gasteiger partial charge in [-0.15, -0.1) is 0 Å². The molecule has 1 saturated heterocycles. The Kier molecular flexibility index (Phi) is 4.36. The lowest BCUT2D eigenvalue weighted by atomic mass is 10.1. The van der Waals surface area contributed by atoms with Crippen LogP contribution in [0.25, 0.3) is 10.8 Å². The largest absolute Gasteiger partial charge is 0.376 e. The summed E-state index contributed by atoms with van der Waals surface area (Å²) >= 11 is 5.43. The van der Waals surface area contributed by atoms with E-state index in [0.29, 0.717) is 5.11 Å². The second-order valence-electron chi connectivity index (χ2n) is 5.47. The molecule has 3 nitrogen and oxygen atoms in total. The Labute approximate surface area is 130 Å². The highest BCUT2D eigenvalue weighted by Gasteiger charge is 2.22. The van der Waals surface area contributed by atoms with Crippen LogP contribution in [0.15, 0.2) is 42.5 Å². The summed E-state index contributed by atoms with van der Waals surface area (Å²) in [5.74, 6) is 0. The molecule has 2 aromatic carbocycles. The van der Waals surface area contributed by atoms with Crippen LogP contribution < -0.4 is 10.6 Å². The van der Waals surface area contributed by atoms with Gasteiger partial charge in [0.2, 0.25) is 0 Å². The lowest BCUT2D eigenvalue weighted by Crippen LogP contribution is -2.42. The van der Waals surface area contributed by atoms with Crippen LogP contribution in [0.1, 0.15) is 19.8 Å². The quantitative estimate of drug-likeness (QED) is 0.847. The van der Waals surface area contributed by atoms with Gasteiger partial charge in [-0.1, -0.05) is 36.4 Å². The fourth-order valence-corrected chi connectivity index (χ4v) is 3.09. The SMILES string of the molecule is CC(NC(=S)Nc1cccc2ccccc12)C1CCCO1. The molecule has 110 valence electrons. The summed E-state index contributed by atoms with van der Waals surface area (Å²) in [6, 6.07) is 14.7. The molecule has 1 aliphatic rings. The zero-order valence-electron chi connectivity index (χ0n) is 12.1. The highest BCUT2D eigenvalue weighted by Crippen LogP contribution is 2.23. The fraction of sp³-hybridized carbons (Fsp3) is 0.353. The molecule has 0 aliphatic carbocycles. The van der Waals surface area contributed by atoms with E-state index in [4.69, 9.17) is 17.0 Å². The van der Waals surface area contributed by atoms with E-state index in [1.807, 2.05) is 24.3 Å². The van der Waals surface area contributed by atoms with Gasteiger partial charge in [0.1, 0.15) is 0 Å². The smallest absolute Gasteiger partial charge is 0.171 e. The molecular weight excluding hydrogens is 280 g/mol. The first-order chi connectivity index (χ1) is 10.2. The molecule has 0 amide bonds. The van der Waals surface area contributed by atoms with Crippen molar-refractivity contribution in [1.82, 2.24) is 5.32 Å². The summed E-state index contributed by atoms with van der Waals surface area (Å²) in [4.78, 5) is 0. The van der Waals surface area contributed by atoms with Gasteiger partial charge in [-0.05, 0) is 43.4 Å². The van der Waals surface area contributed by atoms with Crippen molar-refractivity contribution in [2.24, 2.45) is 0 Å². The van der Waals surface area contributed by atoms with E-state index < -0.39 is 0 Å². The average molecular weight is 300 g/mol. The molecule has 4 heteroatoms. The first kappa shape index (κ1) is 14.3. The molecule has 0 radical (unpaired) electrons. The summed E-state index contributed by atoms with van der Waals surface area (Å²) in [5.41, 5.74) is 1.03. The molecule has 1 aliphatic heterocycles. The summed E-state index contributed by atoms with van der Waals surface area (Å²) in [7, 11) is 0. The van der Waals surface area contributed by atoms with Gasteiger partial charge in [0, 0.05) is 17.7 Å². The van der Waals surface area contributed by atoms with Crippen molar-refractivity contribution in [3.63, 3.8) is 0 Å². The number of rotatable bonds is 3. The summed E-state index contributed by atoms with van der Waals surface area (Å²) in [5, 5.41) is 9.66. The normalized spacial score (nSPS) is 19.4. The number of thiocarbonyl (C=S) groups is 1. The second kappa shape index (κ2) is 6.41. The van der Waals surface area contributed by atoms with Gasteiger partial charge in [0.25, 0.3) is 0 Å². The number of hydrogen-bond donors (Lipinski definition) is 2. The number of nitrogens with one attached hydrogen (secondary N) is 2. The maximum atomic E-state index is 5.69. The minimum Gasteiger partial charge on any atom is -0.376 e. The van der Waals surface area contributed by atoms with Crippen LogP contribution >= 0.6 is 12.2 Å². The Morgan fingerprint density at radius 1 is 1.24 bits per heavy atom. The Balaban J connectivity index is 1.68. The van der Waals surface area contributed by atoms with Crippen molar-refractivity contribution < 1.29 is 4.74 Å². The van der Waals surface area contributed by atoms with E-state index in [2.05, 4.69) is 35.8 Å². The molecule has 0 aromatic heterocycles. The summed E-state index contributed by atoms with van der Waals surface area (Å²) in [6.07, 6.45) is 2.50. The Morgan fingerprint density at radius 3 is 2.86 bits per heavy atom. The number of benzene rings is 2. The maximum Gasteiger partial charge on any atom is 0.171 e. The van der Waals surface area contributed by atoms with Crippen molar-refractivity contribution in [2.75, 3.05) is 11.9 Å². The van der Waals surface area contributed by atoms with Gasteiger partial charge >= 0.3 is 0 Å². The van der Waals surface area contributed by atoms with E-state index in [9.17, 15) is 0 Å². The van der Waals surface area contributed by atoms with Crippen LogP contribution in [-0.4, -0.2) is 23.9 Å². The van der Waals surface area contributed by atoms with Gasteiger partial charge < -0.3 is 15.4 Å². The molecule has 21 heavy (non-hydrogen) atoms. The molecular formula is C17H20N2OS. The van der Waals surface area contributed by atoms with Crippen LogP contribution in [-0.2, 0) is 4.74 Å². The van der Waals surface area contributed by atoms with E-state index in [1.54, 1.807) is 0 Å². The third kappa shape index (κ3) is 3.34. The number of anilines is 1. The molecule has 1 heterocycles. The van der Waals surface area contributed by atoms with Gasteiger partial charge in [-0.3, -0.25) is 0 Å². The monoisotopic (exact) mass is 300 g/mol. The molecule has 1 fully saturated rings. The van der Waals surface area contributed by atoms with Crippen molar-refractivity contribution >= 4 is 33.8 Å². The molecule has 2 unspecified atom stereocenters. The van der Waals surface area contributed by atoms with Crippen LogP contribution in [0.2, 0.25) is 0 Å². The highest BCUT2D eigenvalue weighted by atomic mass is 32.1. The zero-order chi connectivity index (χ0) is 14.7. The van der Waals surface area contributed by atoms with Crippen molar-refractivity contribution in [3.8, 4) is 0 Å². The van der Waals surface area contributed by atoms with Crippen molar-refractivity contribution in [3.05, 3.63) is 42.5 Å². The molecule has 2 N–H and O–H groups in total. The van der Waals surface area contributed by atoms with E-state index in [1.165, 1.54) is 10.8 Å². The molecule has 0 spiro atoms. The van der Waals surface area contributed by atoms with E-state index in [0.717, 1.165) is 25.1 Å². The number of hydrogen-bond acceptors (Lipinski definition) is 2. The topological polar surface area (TPSA) is 33.3 Å². The predicted molar refractivity (Wildman–Crippen MR) is 91.7 cm³/mol. The third-order valence-electron chi connectivity index (χ3n) is 3.92. The fourth-order valence-electron chi connectivity index (χ4n) is 2.79. The lowest BCUT2D eigenvalue weighted by molar-refractivity contribution is 0.0895. The van der Waals surface area contributed by atoms with E-state index >= 15 is 0 Å². The number of ether oxygens (including phenoxy) is 1. The van der Waals surface area contributed by atoms with Crippen LogP contribution in [0, 0.1) is 0 Å². The zero-order valence-corrected chi connectivity index (χ0v) is 13.0. The lowest BCUT2D eigenvalue weighted by Gasteiger charge is -2.22. The molecule has 2 aromatic rings. The van der Waals surface area contributed by atoms with Crippen molar-refractivity contribution in [2.45, 2.75) is 31.9 Å². The average Bonchev–Trinajstić information content (AvgIpc) is 3.02. The van der Waals surface area contributed by atoms with Crippen molar-refractivity contribution in [1.29, 1.82) is 0 Å². The molecule has 0 bridgehead atoms. The Hall–Kier alpha value is -1.65. The summed E-state index contributed by atoms with van der Waals surface area (Å²) in [6.45, 7) is 2.98. The van der Waals surface area contributed by atoms with Gasteiger partial charge in [-0.2, -0.15) is 0 Å². The first-order valence-corrected chi connectivity index (χ1v) is 7.82. The maximum absolute atomic E-state index is 5.69. The summed E-state index contributed by atoms with van der Waals surface area (Å²) < 4.78 is 5.69. The van der Waals surface area contributed by atoms with Crippen LogP contribution in [0.4, 0.5) is 5.69 Å². The predicted octanol–water partition coefficient (Wildman–Crippen LogP) is 3.69. The standard InChI is InChI=1S/C17H20N2OS/c1-12(16-10-5-11-20-16)18-17(21)19-15-9-4-7-13-6-2-3-8-14(13)15/h2-4,6-9,12,16H,5,10-11H2,1H3,(H2,18,19,21). The van der Waals surface area contributed by atoms with Crippen LogP contribution in [0.5, 0.6) is 0 Å². The Morgan fingerprint density at radius 2 is 2.05 bits per heavy atom. The molecule has 3 rings (SSSR count). The Bertz CT molecular complexity index is 632. The molecule has 2 atom stereocenters. The van der Waals surface area contributed by atoms with E-state index in [-0.39, 0.29) is 12.1 Å². The number of fused-ring (bicyclic) bond motifs is 1. The minimum absolute atomic E-state index is 0.225. The minimum atomic E-state index is 0.225. The second-order valence-corrected chi connectivity index (χ2v) is 5.87. The third-order valence-corrected chi connectivity index (χ3v) is 4.14.